The highest BCUT2D eigenvalue weighted by Gasteiger charge is 2.35. The van der Waals surface area contributed by atoms with Crippen LogP contribution in [0.5, 0.6) is 5.75 Å². The van der Waals surface area contributed by atoms with E-state index in [1.807, 2.05) is 24.3 Å². The first kappa shape index (κ1) is 20.4. The zero-order valence-corrected chi connectivity index (χ0v) is 16.2. The molecule has 29 heavy (non-hydrogen) atoms. The molecule has 1 fully saturated rings. The molecule has 0 bridgehead atoms. The molecule has 2 amide bonds. The molecule has 152 valence electrons. The number of phenolic OH excluding ortho intramolecular Hbond substituents is 1. The van der Waals surface area contributed by atoms with E-state index in [-0.39, 0.29) is 35.9 Å². The molecule has 3 N–H and O–H groups in total. The number of benzene rings is 2. The summed E-state index contributed by atoms with van der Waals surface area (Å²) >= 11 is 0. The van der Waals surface area contributed by atoms with Crippen LogP contribution < -0.4 is 10.2 Å². The van der Waals surface area contributed by atoms with E-state index < -0.39 is 17.8 Å². The summed E-state index contributed by atoms with van der Waals surface area (Å²) in [7, 11) is 0. The van der Waals surface area contributed by atoms with Gasteiger partial charge in [-0.3, -0.25) is 9.59 Å². The average Bonchev–Trinajstić information content (AvgIpc) is 3.10. The number of hydrogen-bond acceptors (Lipinski definition) is 4. The lowest BCUT2D eigenvalue weighted by Gasteiger charge is -2.17. The Morgan fingerprint density at radius 1 is 1.17 bits per heavy atom. The largest absolute Gasteiger partial charge is 0.506 e. The molecule has 2 aromatic carbocycles. The summed E-state index contributed by atoms with van der Waals surface area (Å²) in [6, 6.07) is 11.4. The van der Waals surface area contributed by atoms with Gasteiger partial charge in [0.2, 0.25) is 11.8 Å². The predicted octanol–water partition coefficient (Wildman–Crippen LogP) is 3.42. The van der Waals surface area contributed by atoms with Crippen molar-refractivity contribution in [3.05, 3.63) is 53.6 Å². The van der Waals surface area contributed by atoms with Gasteiger partial charge in [-0.2, -0.15) is 0 Å². The molecule has 0 saturated carbocycles. The predicted molar refractivity (Wildman–Crippen MR) is 109 cm³/mol. The van der Waals surface area contributed by atoms with Crippen molar-refractivity contribution < 1.29 is 24.6 Å². The highest BCUT2D eigenvalue weighted by molar-refractivity contribution is 6.04. The maximum Gasteiger partial charge on any atom is 0.335 e. The minimum absolute atomic E-state index is 0.0149. The van der Waals surface area contributed by atoms with Crippen LogP contribution in [0.3, 0.4) is 0 Å². The number of nitrogens with one attached hydrogen (secondary N) is 1. The Bertz CT molecular complexity index is 923. The molecule has 0 aromatic heterocycles. The van der Waals surface area contributed by atoms with Crippen molar-refractivity contribution in [1.82, 2.24) is 0 Å². The molecule has 2 aromatic rings. The maximum atomic E-state index is 12.6. The number of anilines is 2. The van der Waals surface area contributed by atoms with Crippen LogP contribution in [0.4, 0.5) is 11.4 Å². The second kappa shape index (κ2) is 8.77. The van der Waals surface area contributed by atoms with Crippen LogP contribution in [0.1, 0.15) is 42.1 Å². The molecule has 0 spiro atoms. The fraction of sp³-hybridized carbons (Fsp3) is 0.318. The van der Waals surface area contributed by atoms with Gasteiger partial charge in [0, 0.05) is 18.7 Å². The minimum Gasteiger partial charge on any atom is -0.506 e. The fourth-order valence-electron chi connectivity index (χ4n) is 3.36. The van der Waals surface area contributed by atoms with Crippen LogP contribution in [0, 0.1) is 5.92 Å². The zero-order chi connectivity index (χ0) is 21.0. The number of rotatable bonds is 7. The van der Waals surface area contributed by atoms with Gasteiger partial charge in [0.15, 0.2) is 0 Å². The van der Waals surface area contributed by atoms with E-state index in [1.54, 1.807) is 4.90 Å². The zero-order valence-electron chi connectivity index (χ0n) is 16.2. The van der Waals surface area contributed by atoms with Gasteiger partial charge in [-0.1, -0.05) is 25.5 Å². The fourth-order valence-corrected chi connectivity index (χ4v) is 3.36. The van der Waals surface area contributed by atoms with Crippen LogP contribution in [0.2, 0.25) is 0 Å². The molecule has 1 atom stereocenters. The Morgan fingerprint density at radius 3 is 2.55 bits per heavy atom. The normalized spacial score (nSPS) is 16.1. The van der Waals surface area contributed by atoms with Gasteiger partial charge in [0.25, 0.3) is 0 Å². The monoisotopic (exact) mass is 396 g/mol. The molecule has 0 aliphatic carbocycles. The van der Waals surface area contributed by atoms with E-state index in [0.717, 1.165) is 24.9 Å². The Labute approximate surface area is 169 Å². The highest BCUT2D eigenvalue weighted by atomic mass is 16.4. The number of nitrogens with zero attached hydrogens (tertiary/aromatic N) is 1. The van der Waals surface area contributed by atoms with E-state index in [2.05, 4.69) is 12.2 Å². The van der Waals surface area contributed by atoms with Gasteiger partial charge in [-0.15, -0.1) is 0 Å². The van der Waals surface area contributed by atoms with E-state index in [4.69, 9.17) is 5.11 Å². The van der Waals surface area contributed by atoms with Gasteiger partial charge >= 0.3 is 5.97 Å². The van der Waals surface area contributed by atoms with Crippen molar-refractivity contribution in [2.45, 2.75) is 32.6 Å². The summed E-state index contributed by atoms with van der Waals surface area (Å²) in [6.07, 6.45) is 3.28. The lowest BCUT2D eigenvalue weighted by atomic mass is 10.1. The molecule has 0 radical (unpaired) electrons. The van der Waals surface area contributed by atoms with E-state index in [9.17, 15) is 19.5 Å². The number of hydrogen-bond donors (Lipinski definition) is 3. The second-order valence-corrected chi connectivity index (χ2v) is 7.20. The summed E-state index contributed by atoms with van der Waals surface area (Å²) in [6.45, 7) is 2.37. The van der Waals surface area contributed by atoms with Crippen LogP contribution in [0.15, 0.2) is 42.5 Å². The molecular weight excluding hydrogens is 372 g/mol. The summed E-state index contributed by atoms with van der Waals surface area (Å²) in [5.41, 5.74) is 1.93. The Morgan fingerprint density at radius 2 is 1.90 bits per heavy atom. The standard InChI is InChI=1S/C22H24N2O5/c1-2-3-4-14-5-8-17(9-6-14)24-13-16(12-20(24)26)21(27)23-18-11-15(22(28)29)7-10-19(18)25/h5-11,16,25H,2-4,12-13H2,1H3,(H,23,27)(H,28,29). The summed E-state index contributed by atoms with van der Waals surface area (Å²) in [5, 5.41) is 21.5. The SMILES string of the molecule is CCCCc1ccc(N2CC(C(=O)Nc3cc(C(=O)O)ccc3O)CC2=O)cc1. The molecule has 1 aliphatic heterocycles. The lowest BCUT2D eigenvalue weighted by Crippen LogP contribution is -2.28. The highest BCUT2D eigenvalue weighted by Crippen LogP contribution is 2.29. The third-order valence-electron chi connectivity index (χ3n) is 5.06. The Kier molecular flexibility index (Phi) is 6.16. The first-order valence-electron chi connectivity index (χ1n) is 9.65. The number of carboxylic acids is 1. The molecule has 1 saturated heterocycles. The first-order valence-corrected chi connectivity index (χ1v) is 9.65. The van der Waals surface area contributed by atoms with E-state index in [0.29, 0.717) is 0 Å². The average molecular weight is 396 g/mol. The molecule has 7 nitrogen and oxygen atoms in total. The molecule has 1 unspecified atom stereocenters. The van der Waals surface area contributed by atoms with Crippen molar-refractivity contribution in [1.29, 1.82) is 0 Å². The second-order valence-electron chi connectivity index (χ2n) is 7.20. The van der Waals surface area contributed by atoms with Gasteiger partial charge in [0.1, 0.15) is 5.75 Å². The van der Waals surface area contributed by atoms with Crippen LogP contribution in [-0.4, -0.2) is 34.5 Å². The lowest BCUT2D eigenvalue weighted by molar-refractivity contribution is -0.122. The summed E-state index contributed by atoms with van der Waals surface area (Å²) < 4.78 is 0. The third-order valence-corrected chi connectivity index (χ3v) is 5.06. The summed E-state index contributed by atoms with van der Waals surface area (Å²) in [4.78, 5) is 37.7. The molecule has 7 heteroatoms. The van der Waals surface area contributed by atoms with Gasteiger partial charge < -0.3 is 20.4 Å². The number of aromatic hydroxyl groups is 1. The van der Waals surface area contributed by atoms with Crippen LogP contribution in [0.25, 0.3) is 0 Å². The number of aryl methyl sites for hydroxylation is 1. The molecule has 3 rings (SSSR count). The smallest absolute Gasteiger partial charge is 0.335 e. The van der Waals surface area contributed by atoms with Crippen molar-refractivity contribution >= 4 is 29.2 Å². The minimum atomic E-state index is -1.16. The summed E-state index contributed by atoms with van der Waals surface area (Å²) in [5.74, 6) is -2.55. The topological polar surface area (TPSA) is 107 Å². The van der Waals surface area contributed by atoms with Crippen LogP contribution in [-0.2, 0) is 16.0 Å². The van der Waals surface area contributed by atoms with Crippen molar-refractivity contribution in [2.75, 3.05) is 16.8 Å². The quantitative estimate of drug-likeness (QED) is 0.622. The third kappa shape index (κ3) is 4.74. The Balaban J connectivity index is 1.67. The number of amides is 2. The Hall–Kier alpha value is -3.35. The number of carboxylic acid groups (broad SMARTS) is 1. The van der Waals surface area contributed by atoms with Crippen molar-refractivity contribution in [3.8, 4) is 5.75 Å². The number of carbonyl (C=O) groups is 3. The molecular formula is C22H24N2O5. The first-order chi connectivity index (χ1) is 13.9. The van der Waals surface area contributed by atoms with Crippen LogP contribution >= 0.6 is 0 Å². The van der Waals surface area contributed by atoms with Crippen molar-refractivity contribution in [2.24, 2.45) is 5.92 Å². The number of phenols is 1. The van der Waals surface area contributed by atoms with Gasteiger partial charge in [0.05, 0.1) is 17.2 Å². The number of unbranched alkanes of at least 4 members (excludes halogenated alkanes) is 1. The number of carbonyl (C=O) groups excluding carboxylic acids is 2. The molecule has 1 heterocycles. The maximum absolute atomic E-state index is 12.6. The van der Waals surface area contributed by atoms with E-state index >= 15 is 0 Å². The van der Waals surface area contributed by atoms with Gasteiger partial charge in [-0.05, 0) is 48.7 Å². The van der Waals surface area contributed by atoms with Crippen molar-refractivity contribution in [3.63, 3.8) is 0 Å². The molecule has 1 aliphatic rings. The number of aromatic carboxylic acids is 1. The van der Waals surface area contributed by atoms with Gasteiger partial charge in [-0.25, -0.2) is 4.79 Å². The van der Waals surface area contributed by atoms with E-state index in [1.165, 1.54) is 23.8 Å².